The number of alkyl halides is 3. The number of aryl methyl sites for hydroxylation is 1. The van der Waals surface area contributed by atoms with Crippen LogP contribution in [0.25, 0.3) is 22.1 Å². The molecule has 0 amide bonds. The molecule has 11 heteroatoms. The van der Waals surface area contributed by atoms with Crippen molar-refractivity contribution in [3.05, 3.63) is 42.0 Å². The molecule has 2 N–H and O–H groups in total. The number of ether oxygens (including phenoxy) is 1. The molecule has 0 fully saturated rings. The molecule has 2 heterocycles. The van der Waals surface area contributed by atoms with Gasteiger partial charge in [0.2, 0.25) is 5.95 Å². The third-order valence-electron chi connectivity index (χ3n) is 4.11. The number of nitrogens with zero attached hydrogens (tertiary/aromatic N) is 3. The fourth-order valence-corrected chi connectivity index (χ4v) is 2.75. The Bertz CT molecular complexity index is 1230. The highest BCUT2D eigenvalue weighted by atomic mass is 19.4. The van der Waals surface area contributed by atoms with Crippen LogP contribution in [-0.2, 0) is 7.05 Å². The van der Waals surface area contributed by atoms with Gasteiger partial charge in [-0.2, -0.15) is 18.2 Å². The molecule has 0 unspecified atom stereocenters. The molecule has 0 aliphatic heterocycles. The number of carboxylic acid groups (broad SMARTS) is 1. The van der Waals surface area contributed by atoms with Crippen LogP contribution in [-0.4, -0.2) is 38.4 Å². The molecule has 0 bridgehead atoms. The summed E-state index contributed by atoms with van der Waals surface area (Å²) in [6.45, 7) is -1.41. The lowest BCUT2D eigenvalue weighted by Gasteiger charge is -2.08. The fourth-order valence-electron chi connectivity index (χ4n) is 2.75. The van der Waals surface area contributed by atoms with Crippen LogP contribution < -0.4 is 10.1 Å². The van der Waals surface area contributed by atoms with Gasteiger partial charge in [-0.1, -0.05) is 0 Å². The van der Waals surface area contributed by atoms with E-state index in [0.717, 1.165) is 0 Å². The standard InChI is InChI=1S/C18H13F3N4O4/c1-25-13-5-2-9(15(26)27)6-12(13)22-16(25)24-17-23-11-4-3-10(7-14(11)29-17)28-8-18(19,20)21/h2-7H,8H2,1H3,(H,26,27)(H,22,23,24). The number of aromatic carboxylic acids is 1. The summed E-state index contributed by atoms with van der Waals surface area (Å²) < 4.78 is 48.8. The van der Waals surface area contributed by atoms with E-state index in [1.54, 1.807) is 17.7 Å². The van der Waals surface area contributed by atoms with E-state index in [4.69, 9.17) is 14.3 Å². The summed E-state index contributed by atoms with van der Waals surface area (Å²) in [5.41, 5.74) is 1.92. The number of aromatic nitrogens is 3. The number of halogens is 3. The summed E-state index contributed by atoms with van der Waals surface area (Å²) in [6, 6.07) is 8.77. The molecule has 2 aromatic heterocycles. The van der Waals surface area contributed by atoms with Crippen molar-refractivity contribution in [2.24, 2.45) is 7.05 Å². The van der Waals surface area contributed by atoms with Gasteiger partial charge in [0.15, 0.2) is 12.2 Å². The van der Waals surface area contributed by atoms with E-state index in [1.807, 2.05) is 0 Å². The van der Waals surface area contributed by atoms with Gasteiger partial charge in [0.25, 0.3) is 0 Å². The first kappa shape index (κ1) is 18.6. The number of fused-ring (bicyclic) bond motifs is 2. The third-order valence-corrected chi connectivity index (χ3v) is 4.11. The predicted molar refractivity (Wildman–Crippen MR) is 96.5 cm³/mol. The molecule has 4 rings (SSSR count). The monoisotopic (exact) mass is 406 g/mol. The van der Waals surface area contributed by atoms with Crippen LogP contribution in [0.2, 0.25) is 0 Å². The lowest BCUT2D eigenvalue weighted by molar-refractivity contribution is -0.153. The Labute approximate surface area is 160 Å². The Kier molecular flexibility index (Phi) is 4.29. The van der Waals surface area contributed by atoms with E-state index in [-0.39, 0.29) is 22.9 Å². The highest BCUT2D eigenvalue weighted by molar-refractivity contribution is 5.93. The average molecular weight is 406 g/mol. The number of benzene rings is 2. The number of oxazole rings is 1. The first-order valence-corrected chi connectivity index (χ1v) is 8.26. The fraction of sp³-hybridized carbons (Fsp3) is 0.167. The number of imidazole rings is 1. The first-order valence-electron chi connectivity index (χ1n) is 8.26. The minimum absolute atomic E-state index is 0.00135. The summed E-state index contributed by atoms with van der Waals surface area (Å²) in [5, 5.41) is 12.0. The zero-order chi connectivity index (χ0) is 20.8. The topological polar surface area (TPSA) is 102 Å². The van der Waals surface area contributed by atoms with Crippen molar-refractivity contribution in [3.63, 3.8) is 0 Å². The second kappa shape index (κ2) is 6.69. The van der Waals surface area contributed by atoms with E-state index in [1.165, 1.54) is 30.3 Å². The first-order chi connectivity index (χ1) is 13.7. The lowest BCUT2D eigenvalue weighted by atomic mass is 10.2. The van der Waals surface area contributed by atoms with Gasteiger partial charge in [-0.15, -0.1) is 0 Å². The van der Waals surface area contributed by atoms with Crippen molar-refractivity contribution in [3.8, 4) is 5.75 Å². The molecule has 0 radical (unpaired) electrons. The SMILES string of the molecule is Cn1c(Nc2nc3ccc(OCC(F)(F)F)cc3o2)nc2cc(C(=O)O)ccc21. The summed E-state index contributed by atoms with van der Waals surface area (Å²) >= 11 is 0. The maximum Gasteiger partial charge on any atom is 0.422 e. The summed E-state index contributed by atoms with van der Waals surface area (Å²) in [4.78, 5) is 19.7. The van der Waals surface area contributed by atoms with E-state index in [2.05, 4.69) is 15.3 Å². The second-order valence-electron chi connectivity index (χ2n) is 6.18. The van der Waals surface area contributed by atoms with Crippen molar-refractivity contribution < 1.29 is 32.2 Å². The molecular formula is C18H13F3N4O4. The lowest BCUT2D eigenvalue weighted by Crippen LogP contribution is -2.19. The van der Waals surface area contributed by atoms with Gasteiger partial charge in [-0.3, -0.25) is 5.32 Å². The van der Waals surface area contributed by atoms with Crippen molar-refractivity contribution in [1.29, 1.82) is 0 Å². The van der Waals surface area contributed by atoms with E-state index < -0.39 is 18.8 Å². The van der Waals surface area contributed by atoms with Crippen LogP contribution in [0.4, 0.5) is 25.1 Å². The number of anilines is 2. The maximum absolute atomic E-state index is 12.3. The molecule has 8 nitrogen and oxygen atoms in total. The Morgan fingerprint density at radius 3 is 2.72 bits per heavy atom. The zero-order valence-electron chi connectivity index (χ0n) is 14.8. The maximum atomic E-state index is 12.3. The molecule has 0 aliphatic rings. The third kappa shape index (κ3) is 3.79. The van der Waals surface area contributed by atoms with Gasteiger partial charge in [0, 0.05) is 13.1 Å². The predicted octanol–water partition coefficient (Wildman–Crippen LogP) is 4.10. The van der Waals surface area contributed by atoms with Gasteiger partial charge >= 0.3 is 18.2 Å². The number of rotatable bonds is 5. The Balaban J connectivity index is 1.60. The van der Waals surface area contributed by atoms with Gasteiger partial charge in [0.1, 0.15) is 11.3 Å². The number of nitrogens with one attached hydrogen (secondary N) is 1. The minimum atomic E-state index is -4.44. The summed E-state index contributed by atoms with van der Waals surface area (Å²) in [7, 11) is 1.73. The number of carbonyl (C=O) groups is 1. The van der Waals surface area contributed by atoms with Crippen LogP contribution in [0, 0.1) is 0 Å². The number of hydrogen-bond acceptors (Lipinski definition) is 6. The Morgan fingerprint density at radius 2 is 2.00 bits per heavy atom. The highest BCUT2D eigenvalue weighted by Gasteiger charge is 2.28. The largest absolute Gasteiger partial charge is 0.484 e. The van der Waals surface area contributed by atoms with Gasteiger partial charge in [-0.05, 0) is 30.3 Å². The van der Waals surface area contributed by atoms with Crippen molar-refractivity contribution >= 4 is 40.1 Å². The molecule has 150 valence electrons. The van der Waals surface area contributed by atoms with Gasteiger partial charge < -0.3 is 18.8 Å². The van der Waals surface area contributed by atoms with Gasteiger partial charge in [-0.25, -0.2) is 9.78 Å². The summed E-state index contributed by atoms with van der Waals surface area (Å²) in [6.07, 6.45) is -4.44. The highest BCUT2D eigenvalue weighted by Crippen LogP contribution is 2.28. The van der Waals surface area contributed by atoms with Crippen LogP contribution in [0.3, 0.4) is 0 Å². The molecular weight excluding hydrogens is 393 g/mol. The van der Waals surface area contributed by atoms with Crippen LogP contribution in [0.1, 0.15) is 10.4 Å². The van der Waals surface area contributed by atoms with E-state index >= 15 is 0 Å². The van der Waals surface area contributed by atoms with Crippen LogP contribution in [0.5, 0.6) is 5.75 Å². The Morgan fingerprint density at radius 1 is 1.21 bits per heavy atom. The summed E-state index contributed by atoms with van der Waals surface area (Å²) in [5.74, 6) is -0.710. The average Bonchev–Trinajstić information content (AvgIpc) is 3.19. The molecule has 0 spiro atoms. The van der Waals surface area contributed by atoms with Gasteiger partial charge in [0.05, 0.1) is 16.6 Å². The molecule has 29 heavy (non-hydrogen) atoms. The van der Waals surface area contributed by atoms with Crippen molar-refractivity contribution in [1.82, 2.24) is 14.5 Å². The van der Waals surface area contributed by atoms with Crippen molar-refractivity contribution in [2.75, 3.05) is 11.9 Å². The van der Waals surface area contributed by atoms with Crippen LogP contribution in [0.15, 0.2) is 40.8 Å². The normalized spacial score (nSPS) is 11.9. The van der Waals surface area contributed by atoms with Crippen LogP contribution >= 0.6 is 0 Å². The molecule has 0 atom stereocenters. The number of carboxylic acids is 1. The Hall–Kier alpha value is -3.76. The molecule has 2 aromatic carbocycles. The zero-order valence-corrected chi connectivity index (χ0v) is 14.8. The number of hydrogen-bond donors (Lipinski definition) is 2. The molecule has 0 saturated heterocycles. The minimum Gasteiger partial charge on any atom is -0.484 e. The van der Waals surface area contributed by atoms with Crippen molar-refractivity contribution in [2.45, 2.75) is 6.18 Å². The van der Waals surface area contributed by atoms with E-state index in [0.29, 0.717) is 22.5 Å². The molecule has 0 saturated carbocycles. The smallest absolute Gasteiger partial charge is 0.422 e. The van der Waals surface area contributed by atoms with E-state index in [9.17, 15) is 18.0 Å². The second-order valence-corrected chi connectivity index (χ2v) is 6.18. The molecule has 4 aromatic rings. The quantitative estimate of drug-likeness (QED) is 0.514. The molecule has 0 aliphatic carbocycles.